The Morgan fingerprint density at radius 1 is 0.947 bits per heavy atom. The van der Waals surface area contributed by atoms with Gasteiger partial charge in [0.15, 0.2) is 0 Å². The molecular weight excluding hydrogens is 232 g/mol. The molecule has 1 unspecified atom stereocenters. The van der Waals surface area contributed by atoms with E-state index < -0.39 is 0 Å². The molecule has 0 aliphatic carbocycles. The van der Waals surface area contributed by atoms with E-state index in [1.807, 2.05) is 0 Å². The lowest BCUT2D eigenvalue weighted by Crippen LogP contribution is -2.35. The summed E-state index contributed by atoms with van der Waals surface area (Å²) in [6, 6.07) is 10.0. The average molecular weight is 258 g/mol. The maximum Gasteiger partial charge on any atom is 0.0366 e. The van der Waals surface area contributed by atoms with Crippen molar-refractivity contribution in [1.82, 2.24) is 5.32 Å². The van der Waals surface area contributed by atoms with Crippen LogP contribution in [0.15, 0.2) is 24.3 Å². The molecule has 1 aromatic carbocycles. The SMILES string of the molecule is c1cc(N2CCCCC2)ccc1CC1CCCCN1. The molecule has 2 aliphatic rings. The lowest BCUT2D eigenvalue weighted by Gasteiger charge is -2.29. The Bertz CT molecular complexity index is 373. The van der Waals surface area contributed by atoms with Crippen molar-refractivity contribution in [3.8, 4) is 0 Å². The van der Waals surface area contributed by atoms with Crippen LogP contribution in [0.5, 0.6) is 0 Å². The zero-order valence-corrected chi connectivity index (χ0v) is 11.9. The Morgan fingerprint density at radius 2 is 1.74 bits per heavy atom. The molecule has 2 fully saturated rings. The second kappa shape index (κ2) is 6.42. The highest BCUT2D eigenvalue weighted by Crippen LogP contribution is 2.21. The minimum absolute atomic E-state index is 0.703. The molecule has 1 N–H and O–H groups in total. The molecule has 19 heavy (non-hydrogen) atoms. The van der Waals surface area contributed by atoms with Gasteiger partial charge in [-0.3, -0.25) is 0 Å². The molecule has 2 saturated heterocycles. The molecule has 2 heterocycles. The lowest BCUT2D eigenvalue weighted by atomic mass is 9.97. The van der Waals surface area contributed by atoms with E-state index in [9.17, 15) is 0 Å². The zero-order chi connectivity index (χ0) is 12.9. The molecule has 3 rings (SSSR count). The number of rotatable bonds is 3. The van der Waals surface area contributed by atoms with Crippen LogP contribution in [0.3, 0.4) is 0 Å². The number of benzene rings is 1. The van der Waals surface area contributed by atoms with Gasteiger partial charge in [0.05, 0.1) is 0 Å². The van der Waals surface area contributed by atoms with Crippen LogP contribution in [0.2, 0.25) is 0 Å². The predicted octanol–water partition coefficient (Wildman–Crippen LogP) is 3.36. The average Bonchev–Trinajstić information content (AvgIpc) is 2.50. The summed E-state index contributed by atoms with van der Waals surface area (Å²) in [6.07, 6.45) is 9.39. The molecule has 0 radical (unpaired) electrons. The topological polar surface area (TPSA) is 15.3 Å². The first kappa shape index (κ1) is 13.0. The van der Waals surface area contributed by atoms with E-state index in [2.05, 4.69) is 34.5 Å². The van der Waals surface area contributed by atoms with Crippen LogP contribution in [0.25, 0.3) is 0 Å². The van der Waals surface area contributed by atoms with Gasteiger partial charge in [0.25, 0.3) is 0 Å². The fourth-order valence-corrected chi connectivity index (χ4v) is 3.38. The fourth-order valence-electron chi connectivity index (χ4n) is 3.38. The molecule has 1 atom stereocenters. The quantitative estimate of drug-likeness (QED) is 0.894. The Labute approximate surface area is 117 Å². The largest absolute Gasteiger partial charge is 0.372 e. The highest BCUT2D eigenvalue weighted by atomic mass is 15.1. The van der Waals surface area contributed by atoms with Gasteiger partial charge in [-0.1, -0.05) is 18.6 Å². The normalized spacial score (nSPS) is 24.4. The van der Waals surface area contributed by atoms with Crippen LogP contribution >= 0.6 is 0 Å². The van der Waals surface area contributed by atoms with Gasteiger partial charge in [-0.05, 0) is 62.8 Å². The number of nitrogens with one attached hydrogen (secondary N) is 1. The van der Waals surface area contributed by atoms with Gasteiger partial charge in [0.2, 0.25) is 0 Å². The van der Waals surface area contributed by atoms with Crippen LogP contribution in [-0.2, 0) is 6.42 Å². The van der Waals surface area contributed by atoms with Crippen molar-refractivity contribution < 1.29 is 0 Å². The maximum absolute atomic E-state index is 3.64. The van der Waals surface area contributed by atoms with Crippen molar-refractivity contribution in [3.63, 3.8) is 0 Å². The van der Waals surface area contributed by atoms with Crippen LogP contribution in [0.1, 0.15) is 44.1 Å². The van der Waals surface area contributed by atoms with Gasteiger partial charge in [-0.2, -0.15) is 0 Å². The third-order valence-corrected chi connectivity index (χ3v) is 4.55. The van der Waals surface area contributed by atoms with Crippen LogP contribution in [-0.4, -0.2) is 25.7 Å². The summed E-state index contributed by atoms with van der Waals surface area (Å²) in [6.45, 7) is 3.68. The van der Waals surface area contributed by atoms with Crippen molar-refractivity contribution >= 4 is 5.69 Å². The summed E-state index contributed by atoms with van der Waals surface area (Å²) in [4.78, 5) is 2.53. The number of hydrogen-bond acceptors (Lipinski definition) is 2. The molecular formula is C17H26N2. The van der Waals surface area contributed by atoms with Crippen molar-refractivity contribution in [2.24, 2.45) is 0 Å². The summed E-state index contributed by atoms with van der Waals surface area (Å²) in [5, 5.41) is 3.64. The Hall–Kier alpha value is -1.02. The van der Waals surface area contributed by atoms with E-state index in [1.165, 1.54) is 75.8 Å². The maximum atomic E-state index is 3.64. The molecule has 1 aromatic rings. The van der Waals surface area contributed by atoms with E-state index in [1.54, 1.807) is 0 Å². The number of nitrogens with zero attached hydrogens (tertiary/aromatic N) is 1. The number of anilines is 1. The van der Waals surface area contributed by atoms with Gasteiger partial charge < -0.3 is 10.2 Å². The second-order valence-electron chi connectivity index (χ2n) is 6.07. The second-order valence-corrected chi connectivity index (χ2v) is 6.07. The third-order valence-electron chi connectivity index (χ3n) is 4.55. The van der Waals surface area contributed by atoms with Gasteiger partial charge in [0, 0.05) is 24.8 Å². The standard InChI is InChI=1S/C17H26N2/c1-4-12-19(13-5-1)17-9-7-15(8-10-17)14-16-6-2-3-11-18-16/h7-10,16,18H,1-6,11-14H2. The van der Waals surface area contributed by atoms with Crippen molar-refractivity contribution in [2.75, 3.05) is 24.5 Å². The highest BCUT2D eigenvalue weighted by molar-refractivity contribution is 5.48. The Morgan fingerprint density at radius 3 is 2.42 bits per heavy atom. The molecule has 0 aromatic heterocycles. The molecule has 0 bridgehead atoms. The summed E-state index contributed by atoms with van der Waals surface area (Å²) >= 11 is 0. The molecule has 0 spiro atoms. The van der Waals surface area contributed by atoms with Gasteiger partial charge in [-0.15, -0.1) is 0 Å². The monoisotopic (exact) mass is 258 g/mol. The van der Waals surface area contributed by atoms with E-state index in [0.717, 1.165) is 0 Å². The van der Waals surface area contributed by atoms with Crippen LogP contribution < -0.4 is 10.2 Å². The molecule has 0 amide bonds. The van der Waals surface area contributed by atoms with E-state index >= 15 is 0 Å². The van der Waals surface area contributed by atoms with Gasteiger partial charge in [0.1, 0.15) is 0 Å². The Kier molecular flexibility index (Phi) is 4.39. The van der Waals surface area contributed by atoms with Crippen LogP contribution in [0.4, 0.5) is 5.69 Å². The molecule has 2 aliphatic heterocycles. The summed E-state index contributed by atoms with van der Waals surface area (Å²) < 4.78 is 0. The number of hydrogen-bond donors (Lipinski definition) is 1. The molecule has 104 valence electrons. The fraction of sp³-hybridized carbons (Fsp3) is 0.647. The zero-order valence-electron chi connectivity index (χ0n) is 11.9. The van der Waals surface area contributed by atoms with E-state index in [-0.39, 0.29) is 0 Å². The van der Waals surface area contributed by atoms with Crippen molar-refractivity contribution in [2.45, 2.75) is 51.0 Å². The molecule has 2 nitrogen and oxygen atoms in total. The smallest absolute Gasteiger partial charge is 0.0366 e. The number of piperidine rings is 2. The van der Waals surface area contributed by atoms with Crippen molar-refractivity contribution in [3.05, 3.63) is 29.8 Å². The first-order valence-electron chi connectivity index (χ1n) is 7.99. The summed E-state index contributed by atoms with van der Waals surface area (Å²) in [5.74, 6) is 0. The minimum atomic E-state index is 0.703. The van der Waals surface area contributed by atoms with E-state index in [0.29, 0.717) is 6.04 Å². The van der Waals surface area contributed by atoms with E-state index in [4.69, 9.17) is 0 Å². The highest BCUT2D eigenvalue weighted by Gasteiger charge is 2.14. The lowest BCUT2D eigenvalue weighted by molar-refractivity contribution is 0.399. The Balaban J connectivity index is 1.58. The van der Waals surface area contributed by atoms with Gasteiger partial charge >= 0.3 is 0 Å². The van der Waals surface area contributed by atoms with Crippen molar-refractivity contribution in [1.29, 1.82) is 0 Å². The summed E-state index contributed by atoms with van der Waals surface area (Å²) in [5.41, 5.74) is 2.90. The van der Waals surface area contributed by atoms with Crippen LogP contribution in [0, 0.1) is 0 Å². The van der Waals surface area contributed by atoms with Gasteiger partial charge in [-0.25, -0.2) is 0 Å². The first-order chi connectivity index (χ1) is 9.42. The molecule has 0 saturated carbocycles. The first-order valence-corrected chi connectivity index (χ1v) is 7.99. The third kappa shape index (κ3) is 3.50. The summed E-state index contributed by atoms with van der Waals surface area (Å²) in [7, 11) is 0. The molecule has 2 heteroatoms. The predicted molar refractivity (Wildman–Crippen MR) is 81.9 cm³/mol. The minimum Gasteiger partial charge on any atom is -0.372 e.